The Labute approximate surface area is 115 Å². The molecule has 5 nitrogen and oxygen atoms in total. The SMILES string of the molecule is CCCNc1nc(NCC)nc(C(Cl)(Cl)Cl)n1. The highest BCUT2D eigenvalue weighted by Crippen LogP contribution is 2.36. The Morgan fingerprint density at radius 2 is 1.59 bits per heavy atom. The smallest absolute Gasteiger partial charge is 0.250 e. The molecule has 17 heavy (non-hydrogen) atoms. The quantitative estimate of drug-likeness (QED) is 0.818. The third-order valence-electron chi connectivity index (χ3n) is 1.76. The fourth-order valence-corrected chi connectivity index (χ4v) is 1.31. The minimum absolute atomic E-state index is 0.104. The van der Waals surface area contributed by atoms with Crippen molar-refractivity contribution in [2.24, 2.45) is 0 Å². The molecule has 2 N–H and O–H groups in total. The normalized spacial score (nSPS) is 11.4. The zero-order chi connectivity index (χ0) is 12.9. The van der Waals surface area contributed by atoms with Crippen molar-refractivity contribution in [3.63, 3.8) is 0 Å². The summed E-state index contributed by atoms with van der Waals surface area (Å²) in [5.74, 6) is 0.897. The fraction of sp³-hybridized carbons (Fsp3) is 0.667. The van der Waals surface area contributed by atoms with Crippen LogP contribution >= 0.6 is 34.8 Å². The van der Waals surface area contributed by atoms with Crippen LogP contribution < -0.4 is 10.6 Å². The Kier molecular flexibility index (Phi) is 5.49. The first kappa shape index (κ1) is 14.5. The van der Waals surface area contributed by atoms with E-state index >= 15 is 0 Å². The van der Waals surface area contributed by atoms with Gasteiger partial charge in [0.1, 0.15) is 0 Å². The second kappa shape index (κ2) is 6.42. The molecule has 0 saturated heterocycles. The monoisotopic (exact) mass is 297 g/mol. The fourth-order valence-electron chi connectivity index (χ4n) is 1.06. The highest BCUT2D eigenvalue weighted by Gasteiger charge is 2.28. The summed E-state index contributed by atoms with van der Waals surface area (Å²) in [6.07, 6.45) is 0.950. The topological polar surface area (TPSA) is 62.7 Å². The van der Waals surface area contributed by atoms with Crippen LogP contribution in [0.15, 0.2) is 0 Å². The van der Waals surface area contributed by atoms with Gasteiger partial charge >= 0.3 is 0 Å². The van der Waals surface area contributed by atoms with E-state index in [9.17, 15) is 0 Å². The van der Waals surface area contributed by atoms with E-state index in [0.717, 1.165) is 13.0 Å². The lowest BCUT2D eigenvalue weighted by Crippen LogP contribution is -2.15. The van der Waals surface area contributed by atoms with Crippen molar-refractivity contribution in [2.75, 3.05) is 23.7 Å². The largest absolute Gasteiger partial charge is 0.354 e. The first-order valence-corrected chi connectivity index (χ1v) is 6.41. The average molecular weight is 299 g/mol. The molecular weight excluding hydrogens is 284 g/mol. The Morgan fingerprint density at radius 3 is 2.06 bits per heavy atom. The molecule has 0 fully saturated rings. The van der Waals surface area contributed by atoms with Crippen LogP contribution in [0.4, 0.5) is 11.9 Å². The van der Waals surface area contributed by atoms with Gasteiger partial charge < -0.3 is 10.6 Å². The molecule has 0 aromatic carbocycles. The molecule has 1 rings (SSSR count). The van der Waals surface area contributed by atoms with Gasteiger partial charge in [-0.25, -0.2) is 0 Å². The summed E-state index contributed by atoms with van der Waals surface area (Å²) in [5, 5.41) is 5.99. The summed E-state index contributed by atoms with van der Waals surface area (Å²) >= 11 is 17.3. The molecule has 1 aromatic rings. The summed E-state index contributed by atoms with van der Waals surface area (Å²) < 4.78 is -1.66. The predicted octanol–water partition coefficient (Wildman–Crippen LogP) is 2.95. The van der Waals surface area contributed by atoms with Gasteiger partial charge in [-0.15, -0.1) is 0 Å². The van der Waals surface area contributed by atoms with Gasteiger partial charge in [0.2, 0.25) is 15.7 Å². The molecule has 0 aliphatic heterocycles. The molecule has 0 aliphatic rings. The van der Waals surface area contributed by atoms with Gasteiger partial charge in [-0.3, -0.25) is 0 Å². The molecule has 0 radical (unpaired) electrons. The molecular formula is C9H14Cl3N5. The number of hydrogen-bond donors (Lipinski definition) is 2. The molecule has 8 heteroatoms. The molecule has 1 heterocycles. The number of nitrogens with zero attached hydrogens (tertiary/aromatic N) is 3. The second-order valence-corrected chi connectivity index (χ2v) is 5.54. The number of nitrogens with one attached hydrogen (secondary N) is 2. The Bertz CT molecular complexity index is 366. The summed E-state index contributed by atoms with van der Waals surface area (Å²) in [6, 6.07) is 0. The average Bonchev–Trinajstić information content (AvgIpc) is 2.25. The Hall–Kier alpha value is -0.520. The number of rotatable bonds is 5. The maximum atomic E-state index is 5.76. The minimum Gasteiger partial charge on any atom is -0.354 e. The highest BCUT2D eigenvalue weighted by atomic mass is 35.6. The van der Waals surface area contributed by atoms with Crippen LogP contribution in [0.2, 0.25) is 0 Å². The molecule has 0 amide bonds. The van der Waals surface area contributed by atoms with E-state index in [-0.39, 0.29) is 5.82 Å². The second-order valence-electron chi connectivity index (χ2n) is 3.26. The Balaban J connectivity index is 3.01. The van der Waals surface area contributed by atoms with E-state index in [1.165, 1.54) is 0 Å². The maximum absolute atomic E-state index is 5.76. The summed E-state index contributed by atoms with van der Waals surface area (Å²) in [4.78, 5) is 12.2. The van der Waals surface area contributed by atoms with Gasteiger partial charge in [0.05, 0.1) is 0 Å². The molecule has 0 unspecified atom stereocenters. The van der Waals surface area contributed by atoms with Crippen molar-refractivity contribution in [3.05, 3.63) is 5.82 Å². The van der Waals surface area contributed by atoms with Crippen molar-refractivity contribution in [1.82, 2.24) is 15.0 Å². The maximum Gasteiger partial charge on any atom is 0.250 e. The van der Waals surface area contributed by atoms with Gasteiger partial charge in [0.25, 0.3) is 0 Å². The van der Waals surface area contributed by atoms with Crippen molar-refractivity contribution < 1.29 is 0 Å². The molecule has 0 aliphatic carbocycles. The van der Waals surface area contributed by atoms with Crippen molar-refractivity contribution in [2.45, 2.75) is 24.1 Å². The van der Waals surface area contributed by atoms with Gasteiger partial charge in [-0.05, 0) is 13.3 Å². The van der Waals surface area contributed by atoms with E-state index in [2.05, 4.69) is 25.6 Å². The zero-order valence-electron chi connectivity index (χ0n) is 9.60. The van der Waals surface area contributed by atoms with Crippen molar-refractivity contribution >= 4 is 46.7 Å². The van der Waals surface area contributed by atoms with Crippen molar-refractivity contribution in [1.29, 1.82) is 0 Å². The number of anilines is 2. The van der Waals surface area contributed by atoms with Crippen LogP contribution in [-0.4, -0.2) is 28.0 Å². The third kappa shape index (κ3) is 4.69. The molecule has 0 saturated carbocycles. The van der Waals surface area contributed by atoms with Gasteiger partial charge in [0, 0.05) is 13.1 Å². The first-order valence-electron chi connectivity index (χ1n) is 5.28. The van der Waals surface area contributed by atoms with Crippen LogP contribution in [0, 0.1) is 0 Å². The number of alkyl halides is 3. The third-order valence-corrected chi connectivity index (χ3v) is 2.26. The molecule has 0 spiro atoms. The molecule has 1 aromatic heterocycles. The lowest BCUT2D eigenvalue weighted by Gasteiger charge is -2.13. The standard InChI is InChI=1S/C9H14Cl3N5/c1-3-5-14-8-16-6(9(10,11)12)15-7(17-8)13-4-2/h3-5H2,1-2H3,(H2,13,14,15,16,17). The van der Waals surface area contributed by atoms with E-state index < -0.39 is 3.79 Å². The van der Waals surface area contributed by atoms with E-state index in [1.54, 1.807) is 0 Å². The zero-order valence-corrected chi connectivity index (χ0v) is 11.9. The minimum atomic E-state index is -1.66. The van der Waals surface area contributed by atoms with Crippen LogP contribution in [0.5, 0.6) is 0 Å². The Morgan fingerprint density at radius 1 is 1.00 bits per heavy atom. The van der Waals surface area contributed by atoms with Crippen LogP contribution in [0.3, 0.4) is 0 Å². The summed E-state index contributed by atoms with van der Waals surface area (Å²) in [7, 11) is 0. The predicted molar refractivity (Wildman–Crippen MR) is 72.0 cm³/mol. The van der Waals surface area contributed by atoms with E-state index in [4.69, 9.17) is 34.8 Å². The highest BCUT2D eigenvalue weighted by molar-refractivity contribution is 6.66. The van der Waals surface area contributed by atoms with Crippen LogP contribution in [0.1, 0.15) is 26.1 Å². The molecule has 0 atom stereocenters. The molecule has 0 bridgehead atoms. The first-order chi connectivity index (χ1) is 7.97. The van der Waals surface area contributed by atoms with E-state index in [1.807, 2.05) is 13.8 Å². The molecule has 96 valence electrons. The summed E-state index contributed by atoms with van der Waals surface area (Å²) in [5.41, 5.74) is 0. The number of halogens is 3. The van der Waals surface area contributed by atoms with Crippen molar-refractivity contribution in [3.8, 4) is 0 Å². The lowest BCUT2D eigenvalue weighted by atomic mass is 10.5. The number of hydrogen-bond acceptors (Lipinski definition) is 5. The van der Waals surface area contributed by atoms with E-state index in [0.29, 0.717) is 18.4 Å². The lowest BCUT2D eigenvalue weighted by molar-refractivity contribution is 0.888. The van der Waals surface area contributed by atoms with Crippen LogP contribution in [0.25, 0.3) is 0 Å². The van der Waals surface area contributed by atoms with Gasteiger partial charge in [-0.1, -0.05) is 41.7 Å². The van der Waals surface area contributed by atoms with Crippen LogP contribution in [-0.2, 0) is 3.79 Å². The van der Waals surface area contributed by atoms with Gasteiger partial charge in [-0.2, -0.15) is 15.0 Å². The summed E-state index contributed by atoms with van der Waals surface area (Å²) in [6.45, 7) is 5.39. The number of aromatic nitrogens is 3. The van der Waals surface area contributed by atoms with Gasteiger partial charge in [0.15, 0.2) is 5.82 Å².